The topological polar surface area (TPSA) is 55.7 Å². The van der Waals surface area contributed by atoms with E-state index in [9.17, 15) is 4.79 Å². The van der Waals surface area contributed by atoms with Crippen LogP contribution in [0.15, 0.2) is 43.0 Å². The zero-order chi connectivity index (χ0) is 9.80. The van der Waals surface area contributed by atoms with Gasteiger partial charge in [0.15, 0.2) is 0 Å². The number of rotatable bonds is 2. The molecule has 0 saturated carbocycles. The first-order chi connectivity index (χ1) is 6.88. The Bertz CT molecular complexity index is 386. The van der Waals surface area contributed by atoms with Gasteiger partial charge in [-0.1, -0.05) is 6.07 Å². The minimum Gasteiger partial charge on any atom is -0.285 e. The molecule has 68 valence electrons. The van der Waals surface area contributed by atoms with Gasteiger partial charge in [0.25, 0.3) is 0 Å². The Morgan fingerprint density at radius 1 is 1.00 bits per heavy atom. The molecular formula is C10H7N3O. The largest absolute Gasteiger partial charge is 0.285 e. The fraction of sp³-hybridized carbons (Fsp3) is 0. The summed E-state index contributed by atoms with van der Waals surface area (Å²) in [6.45, 7) is 0. The number of hydrogen-bond acceptors (Lipinski definition) is 4. The summed E-state index contributed by atoms with van der Waals surface area (Å²) in [6.07, 6.45) is 6.01. The van der Waals surface area contributed by atoms with E-state index in [2.05, 4.69) is 15.0 Å². The van der Waals surface area contributed by atoms with E-state index in [-0.39, 0.29) is 5.78 Å². The van der Waals surface area contributed by atoms with Gasteiger partial charge in [-0.3, -0.25) is 14.8 Å². The molecule has 0 radical (unpaired) electrons. The quantitative estimate of drug-likeness (QED) is 0.657. The number of carbonyl (C=O) groups excluding carboxylic acids is 1. The number of pyridine rings is 1. The van der Waals surface area contributed by atoms with Crippen LogP contribution in [0.5, 0.6) is 0 Å². The first-order valence-electron chi connectivity index (χ1n) is 4.09. The molecular weight excluding hydrogens is 178 g/mol. The predicted molar refractivity (Wildman–Crippen MR) is 49.7 cm³/mol. The van der Waals surface area contributed by atoms with Crippen LogP contribution in [0.25, 0.3) is 0 Å². The van der Waals surface area contributed by atoms with Gasteiger partial charge >= 0.3 is 0 Å². The Balaban J connectivity index is 2.35. The summed E-state index contributed by atoms with van der Waals surface area (Å²) in [4.78, 5) is 23.3. The van der Waals surface area contributed by atoms with Gasteiger partial charge in [0, 0.05) is 18.6 Å². The zero-order valence-electron chi connectivity index (χ0n) is 7.29. The maximum Gasteiger partial charge on any atom is 0.231 e. The summed E-state index contributed by atoms with van der Waals surface area (Å²) in [6, 6.07) is 5.17. The Kier molecular flexibility index (Phi) is 2.27. The number of aromatic nitrogens is 3. The second-order valence-electron chi connectivity index (χ2n) is 2.63. The second-order valence-corrected chi connectivity index (χ2v) is 2.63. The van der Waals surface area contributed by atoms with Crippen molar-refractivity contribution in [1.82, 2.24) is 15.0 Å². The molecule has 14 heavy (non-hydrogen) atoms. The molecule has 2 aromatic heterocycles. The van der Waals surface area contributed by atoms with Gasteiger partial charge in [0.2, 0.25) is 5.78 Å². The Hall–Kier alpha value is -2.10. The summed E-state index contributed by atoms with van der Waals surface area (Å²) >= 11 is 0. The lowest BCUT2D eigenvalue weighted by molar-refractivity contribution is 0.102. The van der Waals surface area contributed by atoms with Crippen LogP contribution in [0.2, 0.25) is 0 Å². The molecule has 2 heterocycles. The van der Waals surface area contributed by atoms with Crippen molar-refractivity contribution in [2.24, 2.45) is 0 Å². The molecule has 0 atom stereocenters. The Morgan fingerprint density at radius 2 is 1.86 bits per heavy atom. The molecule has 0 aromatic carbocycles. The number of ketones is 1. The maximum atomic E-state index is 11.7. The van der Waals surface area contributed by atoms with Gasteiger partial charge < -0.3 is 0 Å². The normalized spacial score (nSPS) is 9.71. The smallest absolute Gasteiger partial charge is 0.231 e. The molecule has 0 bridgehead atoms. The molecule has 4 nitrogen and oxygen atoms in total. The Labute approximate surface area is 80.7 Å². The molecule has 0 fully saturated rings. The molecule has 0 spiro atoms. The molecule has 2 aromatic rings. The zero-order valence-corrected chi connectivity index (χ0v) is 7.29. The molecule has 2 rings (SSSR count). The summed E-state index contributed by atoms with van der Waals surface area (Å²) in [5, 5.41) is 0. The van der Waals surface area contributed by atoms with Crippen LogP contribution in [-0.4, -0.2) is 20.7 Å². The standard InChI is InChI=1S/C10H7N3O/c14-10(8-3-1-2-4-12-8)9-7-11-5-6-13-9/h1-7H. The van der Waals surface area contributed by atoms with Crippen LogP contribution in [0, 0.1) is 0 Å². The van der Waals surface area contributed by atoms with Gasteiger partial charge in [-0.2, -0.15) is 0 Å². The minimum atomic E-state index is -0.210. The highest BCUT2D eigenvalue weighted by molar-refractivity contribution is 6.06. The van der Waals surface area contributed by atoms with Crippen molar-refractivity contribution in [3.05, 3.63) is 54.4 Å². The minimum absolute atomic E-state index is 0.210. The molecule has 4 heteroatoms. The fourth-order valence-corrected chi connectivity index (χ4v) is 1.04. The number of nitrogens with zero attached hydrogens (tertiary/aromatic N) is 3. The van der Waals surface area contributed by atoms with E-state index in [1.165, 1.54) is 18.6 Å². The predicted octanol–water partition coefficient (Wildman–Crippen LogP) is 1.10. The van der Waals surface area contributed by atoms with Gasteiger partial charge in [0.05, 0.1) is 6.20 Å². The lowest BCUT2D eigenvalue weighted by Gasteiger charge is -1.96. The summed E-state index contributed by atoms with van der Waals surface area (Å²) in [7, 11) is 0. The first kappa shape index (κ1) is 8.50. The van der Waals surface area contributed by atoms with Crippen LogP contribution in [0.1, 0.15) is 16.2 Å². The van der Waals surface area contributed by atoms with Crippen molar-refractivity contribution in [2.75, 3.05) is 0 Å². The third kappa shape index (κ3) is 1.64. The van der Waals surface area contributed by atoms with E-state index < -0.39 is 0 Å². The maximum absolute atomic E-state index is 11.7. The molecule has 0 saturated heterocycles. The van der Waals surface area contributed by atoms with E-state index >= 15 is 0 Å². The van der Waals surface area contributed by atoms with Crippen LogP contribution in [0.4, 0.5) is 0 Å². The highest BCUT2D eigenvalue weighted by Crippen LogP contribution is 2.01. The number of carbonyl (C=O) groups is 1. The third-order valence-corrected chi connectivity index (χ3v) is 1.69. The van der Waals surface area contributed by atoms with Crippen LogP contribution < -0.4 is 0 Å². The van der Waals surface area contributed by atoms with Gasteiger partial charge in [0.1, 0.15) is 11.4 Å². The molecule has 0 N–H and O–H groups in total. The van der Waals surface area contributed by atoms with Crippen LogP contribution in [0.3, 0.4) is 0 Å². The highest BCUT2D eigenvalue weighted by Gasteiger charge is 2.10. The van der Waals surface area contributed by atoms with Crippen molar-refractivity contribution in [3.8, 4) is 0 Å². The molecule has 0 aliphatic heterocycles. The average Bonchev–Trinajstić information content (AvgIpc) is 2.30. The molecule has 0 amide bonds. The lowest BCUT2D eigenvalue weighted by atomic mass is 10.2. The summed E-state index contributed by atoms with van der Waals surface area (Å²) in [5.74, 6) is -0.210. The van der Waals surface area contributed by atoms with Crippen molar-refractivity contribution in [2.45, 2.75) is 0 Å². The van der Waals surface area contributed by atoms with Crippen molar-refractivity contribution < 1.29 is 4.79 Å². The van der Waals surface area contributed by atoms with Gasteiger partial charge in [-0.15, -0.1) is 0 Å². The molecule has 0 aliphatic rings. The van der Waals surface area contributed by atoms with E-state index in [4.69, 9.17) is 0 Å². The van der Waals surface area contributed by atoms with Crippen LogP contribution in [-0.2, 0) is 0 Å². The van der Waals surface area contributed by atoms with Crippen molar-refractivity contribution in [3.63, 3.8) is 0 Å². The van der Waals surface area contributed by atoms with E-state index in [1.807, 2.05) is 0 Å². The average molecular weight is 185 g/mol. The van der Waals surface area contributed by atoms with Gasteiger partial charge in [-0.05, 0) is 12.1 Å². The first-order valence-corrected chi connectivity index (χ1v) is 4.09. The monoisotopic (exact) mass is 185 g/mol. The fourth-order valence-electron chi connectivity index (χ4n) is 1.04. The van der Waals surface area contributed by atoms with Crippen LogP contribution >= 0.6 is 0 Å². The number of hydrogen-bond donors (Lipinski definition) is 0. The lowest BCUT2D eigenvalue weighted by Crippen LogP contribution is -2.05. The van der Waals surface area contributed by atoms with E-state index in [0.717, 1.165) is 0 Å². The molecule has 0 unspecified atom stereocenters. The van der Waals surface area contributed by atoms with Crippen molar-refractivity contribution >= 4 is 5.78 Å². The Morgan fingerprint density at radius 3 is 2.50 bits per heavy atom. The molecule has 0 aliphatic carbocycles. The second kappa shape index (κ2) is 3.74. The van der Waals surface area contributed by atoms with E-state index in [0.29, 0.717) is 11.4 Å². The summed E-state index contributed by atoms with van der Waals surface area (Å²) in [5.41, 5.74) is 0.694. The highest BCUT2D eigenvalue weighted by atomic mass is 16.1. The SMILES string of the molecule is O=C(c1ccccn1)c1cnccn1. The summed E-state index contributed by atoms with van der Waals surface area (Å²) < 4.78 is 0. The van der Waals surface area contributed by atoms with E-state index in [1.54, 1.807) is 24.4 Å². The van der Waals surface area contributed by atoms with Crippen molar-refractivity contribution in [1.29, 1.82) is 0 Å². The third-order valence-electron chi connectivity index (χ3n) is 1.69. The van der Waals surface area contributed by atoms with Gasteiger partial charge in [-0.25, -0.2) is 4.98 Å².